The maximum atomic E-state index is 3.18. The first-order valence-corrected chi connectivity index (χ1v) is 21.4. The van der Waals surface area contributed by atoms with Gasteiger partial charge in [-0.2, -0.15) is 11.8 Å². The van der Waals surface area contributed by atoms with Crippen LogP contribution in [0.25, 0.3) is 0 Å². The first kappa shape index (κ1) is 26.4. The van der Waals surface area contributed by atoms with Crippen LogP contribution >= 0.6 is 11.8 Å². The monoisotopic (exact) mass is 541 g/mol. The first-order chi connectivity index (χ1) is 17.9. The van der Waals surface area contributed by atoms with Crippen molar-refractivity contribution in [2.45, 2.75) is 157 Å². The van der Waals surface area contributed by atoms with E-state index in [0.29, 0.717) is 0 Å². The lowest BCUT2D eigenvalue weighted by Crippen LogP contribution is -2.56. The van der Waals surface area contributed by atoms with Crippen LogP contribution in [0.4, 0.5) is 0 Å². The number of nitrogens with zero attached hydrogens (tertiary/aromatic N) is 1. The summed E-state index contributed by atoms with van der Waals surface area (Å²) in [6.07, 6.45) is 21.5. The summed E-state index contributed by atoms with van der Waals surface area (Å²) in [6, 6.07) is 1.90. The molecule has 2 aliphatic heterocycles. The fraction of sp³-hybridized carbons (Fsp3) is 1.00. The van der Waals surface area contributed by atoms with Crippen LogP contribution in [0.2, 0.25) is 24.2 Å². The van der Waals surface area contributed by atoms with E-state index in [1.807, 2.05) is 0 Å². The van der Waals surface area contributed by atoms with Crippen molar-refractivity contribution in [3.63, 3.8) is 0 Å². The predicted molar refractivity (Wildman–Crippen MR) is 164 cm³/mol. The molecule has 0 aromatic heterocycles. The molecule has 7 fully saturated rings. The second-order valence-electron chi connectivity index (χ2n) is 16.3. The van der Waals surface area contributed by atoms with Crippen LogP contribution in [-0.2, 0) is 0 Å². The Morgan fingerprint density at radius 3 is 2.22 bits per heavy atom. The topological polar surface area (TPSA) is 3.24 Å². The molecule has 37 heavy (non-hydrogen) atoms. The summed E-state index contributed by atoms with van der Waals surface area (Å²) >= 11 is 2.51. The average Bonchev–Trinajstić information content (AvgIpc) is 3.52. The average molecular weight is 542 g/mol. The van der Waals surface area contributed by atoms with Gasteiger partial charge in [0.1, 0.15) is 0 Å². The highest BCUT2D eigenvalue weighted by Crippen LogP contribution is 2.69. The smallest absolute Gasteiger partial charge is 0.0547 e. The molecule has 0 spiro atoms. The molecule has 5 aliphatic carbocycles. The van der Waals surface area contributed by atoms with Crippen LogP contribution in [0.1, 0.15) is 111 Å². The molecule has 0 amide bonds. The summed E-state index contributed by atoms with van der Waals surface area (Å²) < 4.78 is 0. The third kappa shape index (κ3) is 4.14. The number of hydrogen-bond donors (Lipinski definition) is 0. The fourth-order valence-corrected chi connectivity index (χ4v) is 22.5. The Labute approximate surface area is 235 Å². The van der Waals surface area contributed by atoms with Crippen LogP contribution in [0, 0.1) is 47.3 Å². The molecule has 210 valence electrons. The van der Waals surface area contributed by atoms with Crippen molar-refractivity contribution in [3.05, 3.63) is 0 Å². The lowest BCUT2D eigenvalue weighted by atomic mass is 9.72. The second-order valence-corrected chi connectivity index (χ2v) is 22.7. The van der Waals surface area contributed by atoms with Crippen molar-refractivity contribution in [2.75, 3.05) is 6.54 Å². The van der Waals surface area contributed by atoms with Crippen LogP contribution < -0.4 is 0 Å². The minimum Gasteiger partial charge on any atom is -0.297 e. The van der Waals surface area contributed by atoms with Gasteiger partial charge in [-0.25, -0.2) is 0 Å². The molecule has 14 unspecified atom stereocenters. The van der Waals surface area contributed by atoms with Gasteiger partial charge in [-0.3, -0.25) is 4.90 Å². The third-order valence-corrected chi connectivity index (χ3v) is 21.9. The molecule has 5 saturated carbocycles. The molecule has 0 aromatic carbocycles. The third-order valence-electron chi connectivity index (χ3n) is 14.5. The minimum absolute atomic E-state index is 0.944. The molecule has 14 atom stereocenters. The van der Waals surface area contributed by atoms with Gasteiger partial charge >= 0.3 is 0 Å². The SMILES string of the molecule is CC1CC2C(CCCC2N2CCCC3CCCCC32)C1[Si](C)(C)C1C(C)C(C)C2SC3CCCCC3C21. The first-order valence-electron chi connectivity index (χ1n) is 17.3. The Balaban J connectivity index is 1.16. The largest absolute Gasteiger partial charge is 0.297 e. The second kappa shape index (κ2) is 10.1. The highest BCUT2D eigenvalue weighted by Gasteiger charge is 2.64. The van der Waals surface area contributed by atoms with Crippen LogP contribution in [0.5, 0.6) is 0 Å². The number of hydrogen-bond acceptors (Lipinski definition) is 2. The van der Waals surface area contributed by atoms with Crippen LogP contribution in [0.3, 0.4) is 0 Å². The normalized spacial score (nSPS) is 54.4. The van der Waals surface area contributed by atoms with Crippen molar-refractivity contribution < 1.29 is 0 Å². The zero-order valence-corrected chi connectivity index (χ0v) is 26.9. The zero-order valence-electron chi connectivity index (χ0n) is 25.0. The number of fused-ring (bicyclic) bond motifs is 5. The van der Waals surface area contributed by atoms with E-state index in [1.54, 1.807) is 38.5 Å². The van der Waals surface area contributed by atoms with Gasteiger partial charge in [0.05, 0.1) is 8.07 Å². The van der Waals surface area contributed by atoms with Gasteiger partial charge in [0.25, 0.3) is 0 Å². The number of thioether (sulfide) groups is 1. The van der Waals surface area contributed by atoms with Crippen molar-refractivity contribution in [1.82, 2.24) is 4.90 Å². The zero-order chi connectivity index (χ0) is 25.5. The summed E-state index contributed by atoms with van der Waals surface area (Å²) in [5.41, 5.74) is 2.19. The van der Waals surface area contributed by atoms with Gasteiger partial charge in [0.2, 0.25) is 0 Å². The van der Waals surface area contributed by atoms with Gasteiger partial charge in [-0.05, 0) is 116 Å². The maximum absolute atomic E-state index is 3.18. The van der Waals surface area contributed by atoms with E-state index in [2.05, 4.69) is 50.5 Å². The van der Waals surface area contributed by atoms with Gasteiger partial charge in [-0.1, -0.05) is 72.4 Å². The summed E-state index contributed by atoms with van der Waals surface area (Å²) in [7, 11) is -1.42. The van der Waals surface area contributed by atoms with E-state index in [1.165, 1.54) is 57.9 Å². The van der Waals surface area contributed by atoms with Crippen molar-refractivity contribution in [3.8, 4) is 0 Å². The lowest BCUT2D eigenvalue weighted by molar-refractivity contribution is -0.0181. The van der Waals surface area contributed by atoms with E-state index in [4.69, 9.17) is 0 Å². The lowest BCUT2D eigenvalue weighted by Gasteiger charge is -2.53. The van der Waals surface area contributed by atoms with Crippen LogP contribution in [0.15, 0.2) is 0 Å². The molecule has 1 nitrogen and oxygen atoms in total. The molecule has 0 bridgehead atoms. The Morgan fingerprint density at radius 2 is 1.35 bits per heavy atom. The summed E-state index contributed by atoms with van der Waals surface area (Å²) in [6.45, 7) is 15.5. The molecular formula is C34H59NSSi. The van der Waals surface area contributed by atoms with Gasteiger partial charge in [-0.15, -0.1) is 0 Å². The van der Waals surface area contributed by atoms with Gasteiger partial charge < -0.3 is 0 Å². The Morgan fingerprint density at radius 1 is 0.649 bits per heavy atom. The van der Waals surface area contributed by atoms with E-state index in [-0.39, 0.29) is 0 Å². The summed E-state index contributed by atoms with van der Waals surface area (Å²) in [5.74, 6) is 8.23. The Hall–Kier alpha value is 0.527. The number of piperidine rings is 1. The Bertz CT molecular complexity index is 825. The van der Waals surface area contributed by atoms with E-state index in [0.717, 1.165) is 81.0 Å². The molecule has 0 aromatic rings. The van der Waals surface area contributed by atoms with Crippen molar-refractivity contribution >= 4 is 19.8 Å². The van der Waals surface area contributed by atoms with E-state index >= 15 is 0 Å². The quantitative estimate of drug-likeness (QED) is 0.327. The summed E-state index contributed by atoms with van der Waals surface area (Å²) in [5, 5.41) is 2.03. The van der Waals surface area contributed by atoms with Crippen molar-refractivity contribution in [2.24, 2.45) is 47.3 Å². The molecule has 2 heterocycles. The van der Waals surface area contributed by atoms with Crippen LogP contribution in [-0.4, -0.2) is 42.1 Å². The van der Waals surface area contributed by atoms with Crippen molar-refractivity contribution in [1.29, 1.82) is 0 Å². The standard InChI is InChI=1S/C34H59NSSi/c1-21-20-27-25(15-10-17-29(27)35-19-11-13-24-12-6-8-16-28(24)35)33(21)37(4,5)34-23(3)22(2)32-31(34)26-14-7-9-18-30(26)36-32/h21-34H,6-20H2,1-5H3. The minimum atomic E-state index is -1.42. The predicted octanol–water partition coefficient (Wildman–Crippen LogP) is 9.49. The molecular weight excluding hydrogens is 483 g/mol. The maximum Gasteiger partial charge on any atom is 0.0547 e. The highest BCUT2D eigenvalue weighted by molar-refractivity contribution is 8.00. The fourth-order valence-electron chi connectivity index (χ4n) is 13.4. The van der Waals surface area contributed by atoms with E-state index in [9.17, 15) is 0 Å². The Kier molecular flexibility index (Phi) is 7.22. The number of likely N-dealkylation sites (tertiary alicyclic amines) is 1. The molecule has 0 radical (unpaired) electrons. The van der Waals surface area contributed by atoms with E-state index < -0.39 is 8.07 Å². The molecule has 0 N–H and O–H groups in total. The molecule has 2 saturated heterocycles. The summed E-state index contributed by atoms with van der Waals surface area (Å²) in [4.78, 5) is 3.18. The highest BCUT2D eigenvalue weighted by atomic mass is 32.2. The molecule has 3 heteroatoms. The molecule has 7 rings (SSSR count). The van der Waals surface area contributed by atoms with Gasteiger partial charge in [0, 0.05) is 22.6 Å². The number of rotatable bonds is 3. The molecule has 7 aliphatic rings. The van der Waals surface area contributed by atoms with Gasteiger partial charge in [0.15, 0.2) is 0 Å².